The number of hydrogen-bond donors (Lipinski definition) is 1. The Morgan fingerprint density at radius 1 is 1.41 bits per heavy atom. The minimum atomic E-state index is 0.492. The highest BCUT2D eigenvalue weighted by molar-refractivity contribution is 5.27. The number of ether oxygens (including phenoxy) is 1. The molecule has 1 fully saturated rings. The van der Waals surface area contributed by atoms with E-state index in [2.05, 4.69) is 21.1 Å². The van der Waals surface area contributed by atoms with E-state index in [0.29, 0.717) is 6.10 Å². The van der Waals surface area contributed by atoms with Crippen LogP contribution in [0, 0.1) is 6.92 Å². The van der Waals surface area contributed by atoms with E-state index in [1.165, 1.54) is 32.1 Å². The maximum atomic E-state index is 5.92. The lowest BCUT2D eigenvalue weighted by molar-refractivity contribution is 0.0243. The van der Waals surface area contributed by atoms with Gasteiger partial charge in [0.15, 0.2) is 0 Å². The fourth-order valence-corrected chi connectivity index (χ4v) is 2.47. The van der Waals surface area contributed by atoms with Gasteiger partial charge in [0.2, 0.25) is 5.95 Å². The Morgan fingerprint density at radius 3 is 2.88 bits per heavy atom. The predicted molar refractivity (Wildman–Crippen MR) is 69.3 cm³/mol. The van der Waals surface area contributed by atoms with Gasteiger partial charge in [-0.05, 0) is 19.8 Å². The molecule has 17 heavy (non-hydrogen) atoms. The molecule has 0 spiro atoms. The summed E-state index contributed by atoms with van der Waals surface area (Å²) in [5.74, 6) is 0.926. The maximum Gasteiger partial charge on any atom is 0.202 e. The van der Waals surface area contributed by atoms with E-state index in [-0.39, 0.29) is 0 Å². The first-order valence-electron chi connectivity index (χ1n) is 6.62. The summed E-state index contributed by atoms with van der Waals surface area (Å²) in [4.78, 5) is 4.39. The summed E-state index contributed by atoms with van der Waals surface area (Å²) < 4.78 is 8.04. The van der Waals surface area contributed by atoms with Crippen molar-refractivity contribution in [2.45, 2.75) is 51.7 Å². The molecule has 4 nitrogen and oxygen atoms in total. The van der Waals surface area contributed by atoms with Crippen LogP contribution in [0.4, 0.5) is 5.95 Å². The van der Waals surface area contributed by atoms with Crippen molar-refractivity contribution in [3.8, 4) is 0 Å². The molecule has 1 aliphatic carbocycles. The van der Waals surface area contributed by atoms with E-state index >= 15 is 0 Å². The number of aromatic nitrogens is 2. The van der Waals surface area contributed by atoms with Crippen LogP contribution in [0.3, 0.4) is 0 Å². The number of nitrogens with one attached hydrogen (secondary N) is 1. The van der Waals surface area contributed by atoms with Gasteiger partial charge in [0.05, 0.1) is 18.4 Å². The molecule has 0 aromatic carbocycles. The minimum absolute atomic E-state index is 0.492. The van der Waals surface area contributed by atoms with E-state index in [0.717, 1.165) is 24.8 Å². The fraction of sp³-hybridized carbons (Fsp3) is 0.769. The van der Waals surface area contributed by atoms with Crippen LogP contribution in [-0.2, 0) is 11.3 Å². The third kappa shape index (κ3) is 3.46. The first kappa shape index (κ1) is 12.4. The van der Waals surface area contributed by atoms with Crippen molar-refractivity contribution in [2.24, 2.45) is 0 Å². The third-order valence-electron chi connectivity index (χ3n) is 3.36. The smallest absolute Gasteiger partial charge is 0.202 e. The number of imidazole rings is 1. The lowest BCUT2D eigenvalue weighted by atomic mass is 9.98. The molecule has 0 amide bonds. The Morgan fingerprint density at radius 2 is 2.18 bits per heavy atom. The van der Waals surface area contributed by atoms with Crippen molar-refractivity contribution >= 4 is 5.95 Å². The van der Waals surface area contributed by atoms with E-state index < -0.39 is 0 Å². The Labute approximate surface area is 103 Å². The van der Waals surface area contributed by atoms with Gasteiger partial charge in [0.25, 0.3) is 0 Å². The molecule has 0 radical (unpaired) electrons. The predicted octanol–water partition coefficient (Wildman–Crippen LogP) is 2.58. The molecule has 4 heteroatoms. The van der Waals surface area contributed by atoms with E-state index in [9.17, 15) is 0 Å². The van der Waals surface area contributed by atoms with Gasteiger partial charge in [0, 0.05) is 19.8 Å². The molecule has 1 aromatic heterocycles. The molecular weight excluding hydrogens is 214 g/mol. The van der Waals surface area contributed by atoms with Gasteiger partial charge >= 0.3 is 0 Å². The lowest BCUT2D eigenvalue weighted by Gasteiger charge is -2.22. The summed E-state index contributed by atoms with van der Waals surface area (Å²) >= 11 is 0. The molecule has 0 aliphatic heterocycles. The van der Waals surface area contributed by atoms with Crippen LogP contribution < -0.4 is 5.32 Å². The largest absolute Gasteiger partial charge is 0.376 e. The van der Waals surface area contributed by atoms with Crippen LogP contribution in [0.2, 0.25) is 0 Å². The van der Waals surface area contributed by atoms with Crippen molar-refractivity contribution in [1.82, 2.24) is 9.55 Å². The molecule has 1 N–H and O–H groups in total. The van der Waals surface area contributed by atoms with E-state index in [1.807, 2.05) is 14.0 Å². The second-order valence-corrected chi connectivity index (χ2v) is 4.78. The average Bonchev–Trinajstić information content (AvgIpc) is 2.71. The van der Waals surface area contributed by atoms with Crippen LogP contribution in [0.25, 0.3) is 0 Å². The SMILES string of the molecule is CNc1nc(C)cn1CCOC1CCCCC1. The molecule has 0 unspecified atom stereocenters. The Balaban J connectivity index is 1.76. The summed E-state index contributed by atoms with van der Waals surface area (Å²) in [6.45, 7) is 3.68. The number of hydrogen-bond acceptors (Lipinski definition) is 3. The summed E-state index contributed by atoms with van der Waals surface area (Å²) in [5.41, 5.74) is 1.05. The van der Waals surface area contributed by atoms with Crippen molar-refractivity contribution in [3.05, 3.63) is 11.9 Å². The van der Waals surface area contributed by atoms with Crippen molar-refractivity contribution in [2.75, 3.05) is 19.0 Å². The van der Waals surface area contributed by atoms with Crippen LogP contribution in [0.1, 0.15) is 37.8 Å². The Kier molecular flexibility index (Phi) is 4.42. The fourth-order valence-electron chi connectivity index (χ4n) is 2.47. The maximum absolute atomic E-state index is 5.92. The highest BCUT2D eigenvalue weighted by Crippen LogP contribution is 2.20. The number of nitrogens with zero attached hydrogens (tertiary/aromatic N) is 2. The minimum Gasteiger partial charge on any atom is -0.376 e. The topological polar surface area (TPSA) is 39.1 Å². The Bertz CT molecular complexity index is 342. The zero-order valence-corrected chi connectivity index (χ0v) is 10.9. The average molecular weight is 237 g/mol. The first-order valence-corrected chi connectivity index (χ1v) is 6.62. The van der Waals surface area contributed by atoms with Crippen LogP contribution >= 0.6 is 0 Å². The van der Waals surface area contributed by atoms with Gasteiger partial charge in [-0.3, -0.25) is 0 Å². The third-order valence-corrected chi connectivity index (χ3v) is 3.36. The van der Waals surface area contributed by atoms with E-state index in [4.69, 9.17) is 4.74 Å². The van der Waals surface area contributed by atoms with Crippen LogP contribution in [0.15, 0.2) is 6.20 Å². The summed E-state index contributed by atoms with van der Waals surface area (Å²) in [7, 11) is 1.90. The highest BCUT2D eigenvalue weighted by atomic mass is 16.5. The van der Waals surface area contributed by atoms with Gasteiger partial charge in [-0.2, -0.15) is 0 Å². The van der Waals surface area contributed by atoms with Crippen LogP contribution in [0.5, 0.6) is 0 Å². The molecule has 0 bridgehead atoms. The summed E-state index contributed by atoms with van der Waals surface area (Å²) in [6.07, 6.45) is 9.07. The molecule has 96 valence electrons. The first-order chi connectivity index (χ1) is 8.29. The zero-order chi connectivity index (χ0) is 12.1. The highest BCUT2D eigenvalue weighted by Gasteiger charge is 2.13. The van der Waals surface area contributed by atoms with Crippen LogP contribution in [-0.4, -0.2) is 29.3 Å². The van der Waals surface area contributed by atoms with Crippen molar-refractivity contribution in [1.29, 1.82) is 0 Å². The van der Waals surface area contributed by atoms with Gasteiger partial charge in [-0.25, -0.2) is 4.98 Å². The number of aryl methyl sites for hydroxylation is 1. The molecule has 0 atom stereocenters. The second kappa shape index (κ2) is 6.05. The zero-order valence-electron chi connectivity index (χ0n) is 10.9. The quantitative estimate of drug-likeness (QED) is 0.855. The van der Waals surface area contributed by atoms with Gasteiger partial charge in [-0.15, -0.1) is 0 Å². The summed E-state index contributed by atoms with van der Waals surface area (Å²) in [5, 5.41) is 3.10. The van der Waals surface area contributed by atoms with Crippen molar-refractivity contribution in [3.63, 3.8) is 0 Å². The van der Waals surface area contributed by atoms with Gasteiger partial charge in [-0.1, -0.05) is 19.3 Å². The molecule has 1 aliphatic rings. The Hall–Kier alpha value is -1.03. The van der Waals surface area contributed by atoms with E-state index in [1.54, 1.807) is 0 Å². The molecule has 1 saturated carbocycles. The monoisotopic (exact) mass is 237 g/mol. The standard InChI is InChI=1S/C13H23N3O/c1-11-10-16(13(14-2)15-11)8-9-17-12-6-4-3-5-7-12/h10,12H,3-9H2,1-2H3,(H,14,15). The summed E-state index contributed by atoms with van der Waals surface area (Å²) in [6, 6.07) is 0. The van der Waals surface area contributed by atoms with Crippen molar-refractivity contribution < 1.29 is 4.74 Å². The number of anilines is 1. The molecule has 1 heterocycles. The second-order valence-electron chi connectivity index (χ2n) is 4.78. The lowest BCUT2D eigenvalue weighted by Crippen LogP contribution is -2.19. The molecule has 0 saturated heterocycles. The number of rotatable bonds is 5. The van der Waals surface area contributed by atoms with Gasteiger partial charge in [0.1, 0.15) is 0 Å². The molecular formula is C13H23N3O. The molecule has 1 aromatic rings. The normalized spacial score (nSPS) is 17.3. The molecule has 2 rings (SSSR count). The van der Waals surface area contributed by atoms with Gasteiger partial charge < -0.3 is 14.6 Å².